The third-order valence-corrected chi connectivity index (χ3v) is 6.51. The number of aromatic nitrogens is 1. The molecule has 3 unspecified atom stereocenters. The predicted molar refractivity (Wildman–Crippen MR) is 117 cm³/mol. The quantitative estimate of drug-likeness (QED) is 0.0749. The van der Waals surface area contributed by atoms with E-state index in [0.29, 0.717) is 4.31 Å². The first-order valence-electron chi connectivity index (χ1n) is 7.96. The maximum absolute atomic E-state index is 12.8. The predicted octanol–water partition coefficient (Wildman–Crippen LogP) is -0.827. The number of carbonyl (C=O) groups excluding carboxylic acids is 2. The van der Waals surface area contributed by atoms with Crippen LogP contribution in [-0.4, -0.2) is 118 Å². The van der Waals surface area contributed by atoms with Crippen LogP contribution in [-0.2, 0) is 29.6 Å². The molecule has 0 spiro atoms. The number of alkyl halides is 1. The van der Waals surface area contributed by atoms with Crippen LogP contribution < -0.4 is 10.6 Å². The first-order chi connectivity index (χ1) is 14.2. The molecule has 0 aromatic carbocycles. The topological polar surface area (TPSA) is 180 Å². The van der Waals surface area contributed by atoms with Crippen molar-refractivity contribution in [3.05, 3.63) is 11.1 Å². The Morgan fingerprint density at radius 2 is 2.16 bits per heavy atom. The minimum absolute atomic E-state index is 0. The van der Waals surface area contributed by atoms with Gasteiger partial charge in [-0.2, -0.15) is 20.2 Å². The summed E-state index contributed by atoms with van der Waals surface area (Å²) in [6.07, 6.45) is 0.150. The molecule has 1 aromatic heterocycles. The molecule has 0 aliphatic carbocycles. The van der Waals surface area contributed by atoms with E-state index in [-0.39, 0.29) is 57.7 Å². The van der Waals surface area contributed by atoms with E-state index < -0.39 is 40.4 Å². The molecule has 0 bridgehead atoms. The van der Waals surface area contributed by atoms with Crippen molar-refractivity contribution in [3.8, 4) is 0 Å². The van der Waals surface area contributed by atoms with Crippen molar-refractivity contribution in [1.29, 1.82) is 0 Å². The van der Waals surface area contributed by atoms with Crippen molar-refractivity contribution in [3.63, 3.8) is 0 Å². The number of thioether (sulfide) groups is 1. The van der Waals surface area contributed by atoms with E-state index in [4.69, 9.17) is 16.9 Å². The molecular weight excluding hydrogens is 509 g/mol. The monoisotopic (exact) mass is 527 g/mol. The van der Waals surface area contributed by atoms with E-state index in [0.717, 1.165) is 11.3 Å². The molecule has 4 N–H and O–H groups in total. The Bertz CT molecular complexity index is 917. The fourth-order valence-corrected chi connectivity index (χ4v) is 5.19. The van der Waals surface area contributed by atoms with Crippen molar-refractivity contribution in [2.75, 3.05) is 30.3 Å². The SMILES string of the molecule is CO/N=C(\C(=O)NC1C(CSC)N(S(=O)(=O)O)C1OO)c1csc(NC(=O)CCl)n1.[NaH]. The molecule has 1 aromatic rings. The Kier molecular flexibility index (Phi) is 11.6. The number of oxime groups is 1. The van der Waals surface area contributed by atoms with Crippen LogP contribution >= 0.6 is 34.7 Å². The summed E-state index contributed by atoms with van der Waals surface area (Å²) in [6, 6.07) is -1.90. The van der Waals surface area contributed by atoms with Gasteiger partial charge in [-0.25, -0.2) is 9.87 Å². The molecule has 1 fully saturated rings. The maximum atomic E-state index is 12.8. The summed E-state index contributed by atoms with van der Waals surface area (Å²) in [5.74, 6) is -1.40. The second-order valence-electron chi connectivity index (χ2n) is 5.67. The zero-order valence-corrected chi connectivity index (χ0v) is 18.7. The number of rotatable bonds is 10. The van der Waals surface area contributed by atoms with Gasteiger partial charge in [0.1, 0.15) is 18.7 Å². The molecular formula is C13H19ClN5NaO8S3. The van der Waals surface area contributed by atoms with E-state index in [1.807, 2.05) is 0 Å². The number of carbonyl (C=O) groups is 2. The standard InChI is InChI=1S/C13H18ClN5O8S3.Na.H/c1-26-18-9(6-4-29-13(15-6)16-8(20)3-14)11(21)17-10-7(5-28-2)19(12(10)27-22)30(23,24)25;;/h4,7,10,12,22H,3,5H2,1-2H3,(H,17,21)(H,15,16,20)(H,23,24,25);;/b18-9-;;. The average Bonchev–Trinajstić information content (AvgIpc) is 3.13. The average molecular weight is 528 g/mol. The van der Waals surface area contributed by atoms with Crippen molar-refractivity contribution in [2.24, 2.45) is 5.16 Å². The summed E-state index contributed by atoms with van der Waals surface area (Å²) in [5.41, 5.74) is -0.205. The molecule has 13 nitrogen and oxygen atoms in total. The van der Waals surface area contributed by atoms with Crippen LogP contribution in [0.1, 0.15) is 5.69 Å². The van der Waals surface area contributed by atoms with Gasteiger partial charge in [0.25, 0.3) is 5.91 Å². The molecule has 31 heavy (non-hydrogen) atoms. The number of hydrogen-bond donors (Lipinski definition) is 4. The third kappa shape index (κ3) is 6.97. The third-order valence-electron chi connectivity index (χ3n) is 3.82. The van der Waals surface area contributed by atoms with Crippen LogP contribution in [0.4, 0.5) is 5.13 Å². The molecule has 170 valence electrons. The molecule has 0 radical (unpaired) electrons. The van der Waals surface area contributed by atoms with Crippen LogP contribution in [0.15, 0.2) is 10.5 Å². The number of amides is 2. The fourth-order valence-electron chi connectivity index (χ4n) is 2.63. The molecule has 2 amide bonds. The van der Waals surface area contributed by atoms with Gasteiger partial charge < -0.3 is 15.5 Å². The molecule has 18 heteroatoms. The number of halogens is 1. The first-order valence-corrected chi connectivity index (χ1v) is 12.2. The molecule has 0 saturated carbocycles. The summed E-state index contributed by atoms with van der Waals surface area (Å²) in [5, 5.41) is 19.2. The van der Waals surface area contributed by atoms with E-state index in [9.17, 15) is 22.6 Å². The van der Waals surface area contributed by atoms with Crippen LogP contribution in [0.5, 0.6) is 0 Å². The number of nitrogens with one attached hydrogen (secondary N) is 2. The zero-order valence-electron chi connectivity index (χ0n) is 15.5. The molecule has 1 saturated heterocycles. The Hall–Kier alpha value is -0.530. The summed E-state index contributed by atoms with van der Waals surface area (Å²) >= 11 is 7.69. The van der Waals surface area contributed by atoms with Gasteiger partial charge in [0.05, 0.1) is 12.1 Å². The van der Waals surface area contributed by atoms with Gasteiger partial charge in [-0.3, -0.25) is 19.4 Å². The van der Waals surface area contributed by atoms with Gasteiger partial charge in [0, 0.05) is 11.1 Å². The van der Waals surface area contributed by atoms with E-state index in [2.05, 4.69) is 30.5 Å². The molecule has 3 atom stereocenters. The van der Waals surface area contributed by atoms with Gasteiger partial charge in [-0.15, -0.1) is 27.2 Å². The molecule has 1 aliphatic heterocycles. The Morgan fingerprint density at radius 1 is 1.48 bits per heavy atom. The Balaban J connectivity index is 0.00000480. The second kappa shape index (κ2) is 12.6. The molecule has 2 rings (SSSR count). The van der Waals surface area contributed by atoms with E-state index in [1.165, 1.54) is 24.3 Å². The summed E-state index contributed by atoms with van der Waals surface area (Å²) in [6.45, 7) is 0. The van der Waals surface area contributed by atoms with Gasteiger partial charge in [-0.05, 0) is 6.26 Å². The van der Waals surface area contributed by atoms with Crippen LogP contribution in [0.2, 0.25) is 0 Å². The normalized spacial score (nSPS) is 21.6. The molecule has 2 heterocycles. The molecule has 1 aliphatic rings. The van der Waals surface area contributed by atoms with Crippen molar-refractivity contribution >= 4 is 97.2 Å². The van der Waals surface area contributed by atoms with Crippen LogP contribution in [0.25, 0.3) is 0 Å². The zero-order chi connectivity index (χ0) is 22.5. The van der Waals surface area contributed by atoms with Gasteiger partial charge in [0.15, 0.2) is 17.1 Å². The van der Waals surface area contributed by atoms with Crippen molar-refractivity contribution < 1.29 is 37.5 Å². The minimum atomic E-state index is -4.69. The van der Waals surface area contributed by atoms with Gasteiger partial charge in [0.2, 0.25) is 5.91 Å². The van der Waals surface area contributed by atoms with Crippen LogP contribution in [0.3, 0.4) is 0 Å². The number of thiazole rings is 1. The van der Waals surface area contributed by atoms with Gasteiger partial charge >= 0.3 is 39.9 Å². The summed E-state index contributed by atoms with van der Waals surface area (Å²) < 4.78 is 33.0. The fraction of sp³-hybridized carbons (Fsp3) is 0.538. The summed E-state index contributed by atoms with van der Waals surface area (Å²) in [4.78, 5) is 37.0. The van der Waals surface area contributed by atoms with E-state index >= 15 is 0 Å². The van der Waals surface area contributed by atoms with Crippen molar-refractivity contribution in [1.82, 2.24) is 14.6 Å². The second-order valence-corrected chi connectivity index (χ2v) is 9.02. The Labute approximate surface area is 213 Å². The van der Waals surface area contributed by atoms with Crippen LogP contribution in [0, 0.1) is 0 Å². The summed E-state index contributed by atoms with van der Waals surface area (Å²) in [7, 11) is -3.49. The number of anilines is 1. The van der Waals surface area contributed by atoms with E-state index in [1.54, 1.807) is 6.26 Å². The van der Waals surface area contributed by atoms with Crippen molar-refractivity contribution in [2.45, 2.75) is 18.3 Å². The number of nitrogens with zero attached hydrogens (tertiary/aromatic N) is 3. The number of hydrogen-bond acceptors (Lipinski definition) is 11. The Morgan fingerprint density at radius 3 is 2.68 bits per heavy atom. The van der Waals surface area contributed by atoms with Gasteiger partial charge in [-0.1, -0.05) is 5.16 Å². The first kappa shape index (κ1) is 28.5.